The predicted molar refractivity (Wildman–Crippen MR) is 91.8 cm³/mol. The molecule has 1 aromatic carbocycles. The molecule has 0 saturated carbocycles. The second kappa shape index (κ2) is 6.97. The molecule has 3 rings (SSSR count). The van der Waals surface area contributed by atoms with Crippen LogP contribution in [0.3, 0.4) is 0 Å². The van der Waals surface area contributed by atoms with Crippen LogP contribution in [0, 0.1) is 11.3 Å². The Morgan fingerprint density at radius 2 is 2.22 bits per heavy atom. The first-order valence-corrected chi connectivity index (χ1v) is 8.40. The number of benzene rings is 1. The molecular formula is C17H17BrN4O. The Morgan fingerprint density at radius 3 is 3.00 bits per heavy atom. The van der Waals surface area contributed by atoms with E-state index in [4.69, 9.17) is 4.74 Å². The molecule has 0 fully saturated rings. The van der Waals surface area contributed by atoms with Crippen molar-refractivity contribution in [3.63, 3.8) is 0 Å². The third-order valence-electron chi connectivity index (χ3n) is 3.96. The zero-order valence-corrected chi connectivity index (χ0v) is 14.5. The van der Waals surface area contributed by atoms with E-state index in [1.807, 2.05) is 24.3 Å². The van der Waals surface area contributed by atoms with Crippen LogP contribution in [0.5, 0.6) is 5.75 Å². The van der Waals surface area contributed by atoms with E-state index in [-0.39, 0.29) is 0 Å². The molecule has 0 unspecified atom stereocenters. The Hall–Kier alpha value is -2.13. The number of aromatic nitrogens is 3. The van der Waals surface area contributed by atoms with E-state index in [1.165, 1.54) is 6.42 Å². The van der Waals surface area contributed by atoms with Gasteiger partial charge in [-0.3, -0.25) is 0 Å². The second-order valence-electron chi connectivity index (χ2n) is 5.46. The second-order valence-corrected chi connectivity index (χ2v) is 6.37. The zero-order chi connectivity index (χ0) is 16.2. The Morgan fingerprint density at radius 1 is 1.35 bits per heavy atom. The monoisotopic (exact) mass is 372 g/mol. The van der Waals surface area contributed by atoms with E-state index in [9.17, 15) is 5.26 Å². The largest absolute Gasteiger partial charge is 0.496 e. The Bertz CT molecular complexity index is 788. The average molecular weight is 373 g/mol. The Kier molecular flexibility index (Phi) is 4.77. The van der Waals surface area contributed by atoms with Crippen molar-refractivity contribution in [3.05, 3.63) is 39.9 Å². The van der Waals surface area contributed by atoms with Gasteiger partial charge in [-0.15, -0.1) is 10.2 Å². The van der Waals surface area contributed by atoms with Gasteiger partial charge in [0.25, 0.3) is 0 Å². The number of ether oxygens (including phenoxy) is 1. The fourth-order valence-electron chi connectivity index (χ4n) is 2.80. The van der Waals surface area contributed by atoms with Crippen LogP contribution in [0.25, 0.3) is 11.6 Å². The van der Waals surface area contributed by atoms with Gasteiger partial charge in [0.2, 0.25) is 0 Å². The lowest BCUT2D eigenvalue weighted by molar-refractivity contribution is 0.414. The minimum Gasteiger partial charge on any atom is -0.496 e. The van der Waals surface area contributed by atoms with E-state index >= 15 is 0 Å². The van der Waals surface area contributed by atoms with E-state index in [0.717, 1.165) is 47.4 Å². The fraction of sp³-hybridized carbons (Fsp3) is 0.353. The highest BCUT2D eigenvalue weighted by molar-refractivity contribution is 9.10. The van der Waals surface area contributed by atoms with Crippen molar-refractivity contribution in [1.82, 2.24) is 14.8 Å². The van der Waals surface area contributed by atoms with Crippen LogP contribution in [0.1, 0.15) is 36.5 Å². The Labute approximate surface area is 143 Å². The summed E-state index contributed by atoms with van der Waals surface area (Å²) in [5, 5.41) is 18.1. The van der Waals surface area contributed by atoms with Crippen molar-refractivity contribution in [2.45, 2.75) is 32.2 Å². The first-order valence-electron chi connectivity index (χ1n) is 7.60. The van der Waals surface area contributed by atoms with Crippen LogP contribution in [0.2, 0.25) is 0 Å². The molecule has 0 spiro atoms. The summed E-state index contributed by atoms with van der Waals surface area (Å²) >= 11 is 3.46. The van der Waals surface area contributed by atoms with Crippen LogP contribution in [0.4, 0.5) is 0 Å². The molecule has 0 saturated heterocycles. The molecule has 2 heterocycles. The zero-order valence-electron chi connectivity index (χ0n) is 12.9. The average Bonchev–Trinajstić information content (AvgIpc) is 2.81. The molecule has 6 heteroatoms. The van der Waals surface area contributed by atoms with Crippen molar-refractivity contribution in [1.29, 1.82) is 5.26 Å². The highest BCUT2D eigenvalue weighted by Gasteiger charge is 2.18. The summed E-state index contributed by atoms with van der Waals surface area (Å²) < 4.78 is 8.39. The topological polar surface area (TPSA) is 63.7 Å². The van der Waals surface area contributed by atoms with Gasteiger partial charge in [-0.05, 0) is 37.1 Å². The molecule has 1 aromatic heterocycles. The van der Waals surface area contributed by atoms with Gasteiger partial charge in [0.15, 0.2) is 5.82 Å². The van der Waals surface area contributed by atoms with Gasteiger partial charge in [-0.2, -0.15) is 5.26 Å². The maximum atomic E-state index is 9.61. The SMILES string of the molecule is COc1ccc(Br)cc1C=C(C#N)c1nnc2n1CCCCC2. The molecule has 0 bridgehead atoms. The lowest BCUT2D eigenvalue weighted by atomic mass is 10.1. The van der Waals surface area contributed by atoms with Crippen LogP contribution in [0.15, 0.2) is 22.7 Å². The van der Waals surface area contributed by atoms with E-state index in [1.54, 1.807) is 7.11 Å². The summed E-state index contributed by atoms with van der Waals surface area (Å²) in [5.74, 6) is 2.34. The lowest BCUT2D eigenvalue weighted by Crippen LogP contribution is -2.05. The fourth-order valence-corrected chi connectivity index (χ4v) is 3.18. The van der Waals surface area contributed by atoms with Gasteiger partial charge in [-0.1, -0.05) is 22.4 Å². The molecule has 0 radical (unpaired) electrons. The molecular weight excluding hydrogens is 356 g/mol. The number of rotatable bonds is 3. The van der Waals surface area contributed by atoms with Gasteiger partial charge in [-0.25, -0.2) is 0 Å². The minimum absolute atomic E-state index is 0.502. The van der Waals surface area contributed by atoms with Gasteiger partial charge in [0, 0.05) is 23.0 Å². The number of allylic oxidation sites excluding steroid dienone is 1. The summed E-state index contributed by atoms with van der Waals surface area (Å²) in [5.41, 5.74) is 1.34. The summed E-state index contributed by atoms with van der Waals surface area (Å²) in [4.78, 5) is 0. The van der Waals surface area contributed by atoms with Crippen molar-refractivity contribution < 1.29 is 4.74 Å². The third kappa shape index (κ3) is 3.30. The number of aryl methyl sites for hydroxylation is 1. The van der Waals surface area contributed by atoms with Crippen LogP contribution < -0.4 is 4.74 Å². The molecule has 5 nitrogen and oxygen atoms in total. The van der Waals surface area contributed by atoms with Crippen LogP contribution >= 0.6 is 15.9 Å². The molecule has 1 aliphatic rings. The number of nitriles is 1. The van der Waals surface area contributed by atoms with E-state index < -0.39 is 0 Å². The number of methoxy groups -OCH3 is 1. The summed E-state index contributed by atoms with van der Waals surface area (Å²) in [6.07, 6.45) is 6.14. The van der Waals surface area contributed by atoms with Gasteiger partial charge >= 0.3 is 0 Å². The predicted octanol–water partition coefficient (Wildman–Crippen LogP) is 3.84. The van der Waals surface area contributed by atoms with Crippen molar-refractivity contribution in [2.75, 3.05) is 7.11 Å². The van der Waals surface area contributed by atoms with Crippen LogP contribution in [-0.4, -0.2) is 21.9 Å². The van der Waals surface area contributed by atoms with E-state index in [2.05, 4.69) is 36.8 Å². The highest BCUT2D eigenvalue weighted by atomic mass is 79.9. The van der Waals surface area contributed by atoms with Crippen molar-refractivity contribution >= 4 is 27.6 Å². The van der Waals surface area contributed by atoms with Gasteiger partial charge in [0.1, 0.15) is 17.6 Å². The number of fused-ring (bicyclic) bond motifs is 1. The highest BCUT2D eigenvalue weighted by Crippen LogP contribution is 2.28. The summed E-state index contributed by atoms with van der Waals surface area (Å²) in [6, 6.07) is 7.97. The van der Waals surface area contributed by atoms with Gasteiger partial charge < -0.3 is 9.30 Å². The summed E-state index contributed by atoms with van der Waals surface area (Å²) in [7, 11) is 1.62. The maximum absolute atomic E-state index is 9.61. The lowest BCUT2D eigenvalue weighted by Gasteiger charge is -2.08. The quantitative estimate of drug-likeness (QED) is 0.767. The number of hydrogen-bond acceptors (Lipinski definition) is 4. The first kappa shape index (κ1) is 15.8. The molecule has 23 heavy (non-hydrogen) atoms. The minimum atomic E-state index is 0.502. The molecule has 2 aromatic rings. The first-order chi connectivity index (χ1) is 11.2. The van der Waals surface area contributed by atoms with Crippen molar-refractivity contribution in [2.24, 2.45) is 0 Å². The third-order valence-corrected chi connectivity index (χ3v) is 4.46. The standard InChI is InChI=1S/C17H17BrN4O/c1-23-15-7-6-14(18)10-12(15)9-13(11-19)17-21-20-16-5-3-2-4-8-22(16)17/h6-7,9-10H,2-5,8H2,1H3. The molecule has 0 aliphatic carbocycles. The van der Waals surface area contributed by atoms with Gasteiger partial charge in [0.05, 0.1) is 12.7 Å². The Balaban J connectivity index is 2.06. The molecule has 118 valence electrons. The number of nitrogens with zero attached hydrogens (tertiary/aromatic N) is 4. The molecule has 0 N–H and O–H groups in total. The molecule has 0 amide bonds. The number of hydrogen-bond donors (Lipinski definition) is 0. The summed E-state index contributed by atoms with van der Waals surface area (Å²) in [6.45, 7) is 0.867. The molecule has 1 aliphatic heterocycles. The smallest absolute Gasteiger partial charge is 0.174 e. The normalized spacial score (nSPS) is 14.7. The van der Waals surface area contributed by atoms with Crippen molar-refractivity contribution in [3.8, 4) is 11.8 Å². The molecule has 0 atom stereocenters. The van der Waals surface area contributed by atoms with E-state index in [0.29, 0.717) is 11.4 Å². The maximum Gasteiger partial charge on any atom is 0.174 e. The number of halogens is 1. The van der Waals surface area contributed by atoms with Crippen LogP contribution in [-0.2, 0) is 13.0 Å².